The number of carbonyl (C=O) groups is 1. The largest absolute Gasteiger partial charge is 0.507 e. The summed E-state index contributed by atoms with van der Waals surface area (Å²) < 4.78 is 43.5. The second kappa shape index (κ2) is 8.40. The predicted octanol–water partition coefficient (Wildman–Crippen LogP) is 1.99. The molecule has 0 atom stereocenters. The molecular weight excluding hydrogens is 473 g/mol. The summed E-state index contributed by atoms with van der Waals surface area (Å²) in [6.07, 6.45) is 2.69. The van der Waals surface area contributed by atoms with Gasteiger partial charge in [-0.1, -0.05) is 11.6 Å². The molecule has 174 valence electrons. The highest BCUT2D eigenvalue weighted by atomic mass is 35.5. The summed E-state index contributed by atoms with van der Waals surface area (Å²) in [6.45, 7) is 1.39. The number of aromatic hydroxyl groups is 1. The lowest BCUT2D eigenvalue weighted by molar-refractivity contribution is 0.0892. The van der Waals surface area contributed by atoms with E-state index in [0.717, 1.165) is 0 Å². The topological polar surface area (TPSA) is 117 Å². The van der Waals surface area contributed by atoms with Gasteiger partial charge in [0.15, 0.2) is 5.03 Å². The van der Waals surface area contributed by atoms with Crippen molar-refractivity contribution in [1.29, 1.82) is 0 Å². The number of imidazole rings is 1. The number of sulfonamides is 1. The van der Waals surface area contributed by atoms with E-state index in [1.807, 2.05) is 0 Å². The Hall–Kier alpha value is -3.02. The number of carbonyl (C=O) groups excluding carboxylic acids is 1. The van der Waals surface area contributed by atoms with Crippen molar-refractivity contribution in [3.63, 3.8) is 0 Å². The molecule has 2 N–H and O–H groups in total. The average Bonchev–Trinajstić information content (AvgIpc) is 3.07. The van der Waals surface area contributed by atoms with E-state index >= 15 is 0 Å². The molecule has 9 nitrogen and oxygen atoms in total. The van der Waals surface area contributed by atoms with Crippen LogP contribution < -0.4 is 5.32 Å². The van der Waals surface area contributed by atoms with E-state index in [1.165, 1.54) is 51.6 Å². The molecule has 0 bridgehead atoms. The molecule has 0 saturated carbocycles. The number of pyridine rings is 1. The number of hydrogen-bond acceptors (Lipinski definition) is 6. The molecule has 3 aromatic rings. The zero-order valence-corrected chi connectivity index (χ0v) is 19.4. The van der Waals surface area contributed by atoms with Crippen LogP contribution in [0.3, 0.4) is 0 Å². The maximum atomic E-state index is 14.7. The van der Waals surface area contributed by atoms with Gasteiger partial charge in [-0.25, -0.2) is 17.8 Å². The predicted molar refractivity (Wildman–Crippen MR) is 118 cm³/mol. The third-order valence-electron chi connectivity index (χ3n) is 5.79. The smallest absolute Gasteiger partial charge is 0.260 e. The minimum Gasteiger partial charge on any atom is -0.507 e. The van der Waals surface area contributed by atoms with Crippen molar-refractivity contribution in [2.75, 3.05) is 19.6 Å². The standard InChI is InChI=1S/C21H21ClFN5O4S/c1-13-25-9-18(27(13)2)33(31,32)28-11-21(12-28,19-16(23)4-3-7-24-19)10-26-20(30)15-6-5-14(22)8-17(15)29/h3-9,29H,10-12H2,1-2H3,(H,26,30). The van der Waals surface area contributed by atoms with Crippen LogP contribution in [0.2, 0.25) is 5.02 Å². The van der Waals surface area contributed by atoms with Gasteiger partial charge in [-0.3, -0.25) is 9.78 Å². The zero-order chi connectivity index (χ0) is 24.0. The normalized spacial score (nSPS) is 15.8. The first-order chi connectivity index (χ1) is 15.5. The Morgan fingerprint density at radius 2 is 2.03 bits per heavy atom. The molecule has 12 heteroatoms. The number of phenols is 1. The van der Waals surface area contributed by atoms with E-state index in [0.29, 0.717) is 5.82 Å². The van der Waals surface area contributed by atoms with E-state index in [9.17, 15) is 22.7 Å². The van der Waals surface area contributed by atoms with Gasteiger partial charge < -0.3 is 15.0 Å². The lowest BCUT2D eigenvalue weighted by Crippen LogP contribution is -2.65. The molecular formula is C21H21ClFN5O4S. The van der Waals surface area contributed by atoms with Gasteiger partial charge in [0.1, 0.15) is 17.4 Å². The van der Waals surface area contributed by atoms with Crippen LogP contribution in [-0.2, 0) is 22.5 Å². The van der Waals surface area contributed by atoms with E-state index in [1.54, 1.807) is 14.0 Å². The van der Waals surface area contributed by atoms with E-state index in [2.05, 4.69) is 15.3 Å². The van der Waals surface area contributed by atoms with Crippen molar-refractivity contribution in [1.82, 2.24) is 24.2 Å². The molecule has 1 aliphatic heterocycles. The van der Waals surface area contributed by atoms with Crippen LogP contribution in [0.4, 0.5) is 4.39 Å². The molecule has 3 heterocycles. The molecule has 0 spiro atoms. The number of aromatic nitrogens is 3. The quantitative estimate of drug-likeness (QED) is 0.542. The molecule has 2 aromatic heterocycles. The fourth-order valence-electron chi connectivity index (χ4n) is 3.81. The molecule has 1 aromatic carbocycles. The average molecular weight is 494 g/mol. The molecule has 1 saturated heterocycles. The highest BCUT2D eigenvalue weighted by molar-refractivity contribution is 7.89. The summed E-state index contributed by atoms with van der Waals surface area (Å²) in [5.41, 5.74) is -1.05. The van der Waals surface area contributed by atoms with Crippen LogP contribution in [0.5, 0.6) is 5.75 Å². The van der Waals surface area contributed by atoms with Crippen LogP contribution in [0.15, 0.2) is 47.8 Å². The summed E-state index contributed by atoms with van der Waals surface area (Å²) in [5.74, 6) is -0.980. The molecule has 1 aliphatic rings. The molecule has 0 aliphatic carbocycles. The van der Waals surface area contributed by atoms with Gasteiger partial charge in [0.25, 0.3) is 15.9 Å². The maximum Gasteiger partial charge on any atom is 0.260 e. The second-order valence-corrected chi connectivity index (χ2v) is 10.3. The van der Waals surface area contributed by atoms with Gasteiger partial charge in [0.2, 0.25) is 0 Å². The van der Waals surface area contributed by atoms with Crippen molar-refractivity contribution in [3.8, 4) is 5.75 Å². The number of phenolic OH excluding ortho intramolecular Hbond substituents is 1. The summed E-state index contributed by atoms with van der Waals surface area (Å²) in [4.78, 5) is 20.8. The first kappa shape index (κ1) is 23.1. The van der Waals surface area contributed by atoms with Gasteiger partial charge in [-0.05, 0) is 37.3 Å². The first-order valence-electron chi connectivity index (χ1n) is 9.91. The number of halogens is 2. The van der Waals surface area contributed by atoms with Crippen LogP contribution in [-0.4, -0.2) is 57.9 Å². The fourth-order valence-corrected chi connectivity index (χ4v) is 5.74. The zero-order valence-electron chi connectivity index (χ0n) is 17.8. The lowest BCUT2D eigenvalue weighted by atomic mass is 9.77. The van der Waals surface area contributed by atoms with Gasteiger partial charge in [0, 0.05) is 37.9 Å². The number of nitrogens with zero attached hydrogens (tertiary/aromatic N) is 4. The third-order valence-corrected chi connectivity index (χ3v) is 7.87. The number of amides is 1. The first-order valence-corrected chi connectivity index (χ1v) is 11.7. The number of rotatable bonds is 6. The summed E-state index contributed by atoms with van der Waals surface area (Å²) in [6, 6.07) is 6.72. The van der Waals surface area contributed by atoms with E-state index in [-0.39, 0.29) is 46.7 Å². The second-order valence-electron chi connectivity index (χ2n) is 7.93. The lowest BCUT2D eigenvalue weighted by Gasteiger charge is -2.48. The number of hydrogen-bond donors (Lipinski definition) is 2. The molecule has 1 fully saturated rings. The number of benzene rings is 1. The van der Waals surface area contributed by atoms with E-state index < -0.39 is 27.2 Å². The SMILES string of the molecule is Cc1ncc(S(=O)(=O)N2CC(CNC(=O)c3ccc(Cl)cc3O)(c3ncccc3F)C2)n1C. The molecule has 0 radical (unpaired) electrons. The van der Waals surface area contributed by atoms with E-state index in [4.69, 9.17) is 11.6 Å². The van der Waals surface area contributed by atoms with Crippen LogP contribution >= 0.6 is 11.6 Å². The fraction of sp³-hybridized carbons (Fsp3) is 0.286. The van der Waals surface area contributed by atoms with Gasteiger partial charge in [-0.2, -0.15) is 4.31 Å². The Morgan fingerprint density at radius 3 is 2.64 bits per heavy atom. The minimum atomic E-state index is -3.89. The van der Waals surface area contributed by atoms with Gasteiger partial charge in [-0.15, -0.1) is 0 Å². The maximum absolute atomic E-state index is 14.7. The van der Waals surface area contributed by atoms with Crippen LogP contribution in [0, 0.1) is 12.7 Å². The summed E-state index contributed by atoms with van der Waals surface area (Å²) in [7, 11) is -2.29. The monoisotopic (exact) mass is 493 g/mol. The molecule has 1 amide bonds. The van der Waals surface area contributed by atoms with Crippen molar-refractivity contribution in [2.45, 2.75) is 17.4 Å². The van der Waals surface area contributed by atoms with Crippen LogP contribution in [0.25, 0.3) is 0 Å². The summed E-state index contributed by atoms with van der Waals surface area (Å²) in [5, 5.41) is 13.0. The van der Waals surface area contributed by atoms with Gasteiger partial charge >= 0.3 is 0 Å². The Morgan fingerprint density at radius 1 is 1.30 bits per heavy atom. The Bertz CT molecular complexity index is 1340. The molecule has 33 heavy (non-hydrogen) atoms. The Labute approximate surface area is 194 Å². The van der Waals surface area contributed by atoms with Gasteiger partial charge in [0.05, 0.1) is 22.9 Å². The molecule has 0 unspecified atom stereocenters. The van der Waals surface area contributed by atoms with Crippen molar-refractivity contribution in [3.05, 3.63) is 70.6 Å². The van der Waals surface area contributed by atoms with Crippen molar-refractivity contribution >= 4 is 27.5 Å². The highest BCUT2D eigenvalue weighted by Crippen LogP contribution is 2.38. The summed E-state index contributed by atoms with van der Waals surface area (Å²) >= 11 is 5.81. The van der Waals surface area contributed by atoms with Crippen molar-refractivity contribution < 1.29 is 22.7 Å². The minimum absolute atomic E-state index is 0.00907. The Balaban J connectivity index is 1.60. The molecule has 4 rings (SSSR count). The highest BCUT2D eigenvalue weighted by Gasteiger charge is 2.52. The van der Waals surface area contributed by atoms with Crippen LogP contribution in [0.1, 0.15) is 21.9 Å². The number of nitrogens with one attached hydrogen (secondary N) is 1. The Kier molecular flexibility index (Phi) is 5.89. The number of aryl methyl sites for hydroxylation is 1. The third kappa shape index (κ3) is 4.07. The van der Waals surface area contributed by atoms with Crippen molar-refractivity contribution in [2.24, 2.45) is 7.05 Å².